The van der Waals surface area contributed by atoms with Gasteiger partial charge in [-0.05, 0) is 20.3 Å². The minimum Gasteiger partial charge on any atom is -0.373 e. The van der Waals surface area contributed by atoms with Crippen molar-refractivity contribution in [3.05, 3.63) is 0 Å². The van der Waals surface area contributed by atoms with Crippen molar-refractivity contribution in [3.8, 4) is 0 Å². The molecule has 1 aliphatic rings. The molecule has 78 valence electrons. The van der Waals surface area contributed by atoms with Gasteiger partial charge in [0.15, 0.2) is 0 Å². The molecule has 1 aliphatic heterocycles. The van der Waals surface area contributed by atoms with Crippen molar-refractivity contribution < 1.29 is 4.74 Å². The van der Waals surface area contributed by atoms with Gasteiger partial charge < -0.3 is 10.5 Å². The Labute approximate surface area is 81.2 Å². The molecule has 3 nitrogen and oxygen atoms in total. The first kappa shape index (κ1) is 11.0. The van der Waals surface area contributed by atoms with Crippen molar-refractivity contribution in [2.24, 2.45) is 5.73 Å². The SMILES string of the molecule is CCC(CN)N1CCOC(C)(C)C1. The van der Waals surface area contributed by atoms with E-state index in [2.05, 4.69) is 25.7 Å². The van der Waals surface area contributed by atoms with Crippen molar-refractivity contribution in [2.75, 3.05) is 26.2 Å². The van der Waals surface area contributed by atoms with Crippen molar-refractivity contribution in [3.63, 3.8) is 0 Å². The number of nitrogens with zero attached hydrogens (tertiary/aromatic N) is 1. The van der Waals surface area contributed by atoms with Gasteiger partial charge in [0.2, 0.25) is 0 Å². The summed E-state index contributed by atoms with van der Waals surface area (Å²) in [6, 6.07) is 0.531. The van der Waals surface area contributed by atoms with Crippen LogP contribution in [-0.2, 0) is 4.74 Å². The molecule has 1 heterocycles. The molecule has 0 aromatic heterocycles. The topological polar surface area (TPSA) is 38.5 Å². The molecule has 0 bridgehead atoms. The molecule has 1 fully saturated rings. The summed E-state index contributed by atoms with van der Waals surface area (Å²) in [5, 5.41) is 0. The van der Waals surface area contributed by atoms with Crippen LogP contribution >= 0.6 is 0 Å². The second-order valence-corrected chi connectivity index (χ2v) is 4.38. The maximum atomic E-state index is 5.72. The number of nitrogens with two attached hydrogens (primary N) is 1. The molecule has 0 radical (unpaired) electrons. The lowest BCUT2D eigenvalue weighted by Gasteiger charge is -2.41. The zero-order chi connectivity index (χ0) is 9.90. The first-order valence-electron chi connectivity index (χ1n) is 5.17. The fraction of sp³-hybridized carbons (Fsp3) is 1.00. The van der Waals surface area contributed by atoms with Crippen LogP contribution < -0.4 is 5.73 Å². The average Bonchev–Trinajstić information content (AvgIpc) is 2.05. The van der Waals surface area contributed by atoms with Crippen LogP contribution in [0, 0.1) is 0 Å². The Balaban J connectivity index is 2.50. The van der Waals surface area contributed by atoms with Crippen molar-refractivity contribution in [1.29, 1.82) is 0 Å². The quantitative estimate of drug-likeness (QED) is 0.709. The Hall–Kier alpha value is -0.120. The highest BCUT2D eigenvalue weighted by Crippen LogP contribution is 2.18. The highest BCUT2D eigenvalue weighted by atomic mass is 16.5. The van der Waals surface area contributed by atoms with E-state index in [-0.39, 0.29) is 5.60 Å². The summed E-state index contributed by atoms with van der Waals surface area (Å²) in [7, 11) is 0. The lowest BCUT2D eigenvalue weighted by Crippen LogP contribution is -2.53. The van der Waals surface area contributed by atoms with Crippen LogP contribution in [-0.4, -0.2) is 42.8 Å². The first-order valence-corrected chi connectivity index (χ1v) is 5.17. The van der Waals surface area contributed by atoms with E-state index < -0.39 is 0 Å². The van der Waals surface area contributed by atoms with Crippen LogP contribution in [0.3, 0.4) is 0 Å². The van der Waals surface area contributed by atoms with E-state index in [1.165, 1.54) is 0 Å². The van der Waals surface area contributed by atoms with E-state index in [0.717, 1.165) is 32.7 Å². The van der Waals surface area contributed by atoms with Gasteiger partial charge in [0.1, 0.15) is 0 Å². The van der Waals surface area contributed by atoms with Crippen LogP contribution in [0.4, 0.5) is 0 Å². The summed E-state index contributed by atoms with van der Waals surface area (Å²) in [5.41, 5.74) is 5.72. The van der Waals surface area contributed by atoms with Crippen LogP contribution in [0.25, 0.3) is 0 Å². The molecule has 0 saturated carbocycles. The third kappa shape index (κ3) is 2.93. The molecule has 0 spiro atoms. The van der Waals surface area contributed by atoms with Crippen LogP contribution in [0.1, 0.15) is 27.2 Å². The van der Waals surface area contributed by atoms with E-state index in [1.807, 2.05) is 0 Å². The lowest BCUT2D eigenvalue weighted by atomic mass is 10.0. The standard InChI is InChI=1S/C10H22N2O/c1-4-9(7-11)12-5-6-13-10(2,3)8-12/h9H,4-8,11H2,1-3H3. The number of hydrogen-bond donors (Lipinski definition) is 1. The normalized spacial score (nSPS) is 25.8. The van der Waals surface area contributed by atoms with Crippen molar-refractivity contribution in [2.45, 2.75) is 38.8 Å². The molecule has 2 N–H and O–H groups in total. The Bertz CT molecular complexity index is 155. The van der Waals surface area contributed by atoms with E-state index in [0.29, 0.717) is 6.04 Å². The second-order valence-electron chi connectivity index (χ2n) is 4.38. The minimum atomic E-state index is 0.000833. The molecule has 1 rings (SSSR count). The van der Waals surface area contributed by atoms with Gasteiger partial charge in [0.25, 0.3) is 0 Å². The number of hydrogen-bond acceptors (Lipinski definition) is 3. The smallest absolute Gasteiger partial charge is 0.0753 e. The maximum absolute atomic E-state index is 5.72. The fourth-order valence-corrected chi connectivity index (χ4v) is 1.94. The average molecular weight is 186 g/mol. The van der Waals surface area contributed by atoms with Crippen LogP contribution in [0.5, 0.6) is 0 Å². The maximum Gasteiger partial charge on any atom is 0.0753 e. The third-order valence-corrected chi connectivity index (χ3v) is 2.71. The molecule has 13 heavy (non-hydrogen) atoms. The van der Waals surface area contributed by atoms with Gasteiger partial charge in [-0.2, -0.15) is 0 Å². The van der Waals surface area contributed by atoms with Gasteiger partial charge in [0.05, 0.1) is 12.2 Å². The minimum absolute atomic E-state index is 0.000833. The van der Waals surface area contributed by atoms with Crippen LogP contribution in [0.2, 0.25) is 0 Å². The Morgan fingerprint density at radius 1 is 1.54 bits per heavy atom. The van der Waals surface area contributed by atoms with E-state index in [1.54, 1.807) is 0 Å². The summed E-state index contributed by atoms with van der Waals surface area (Å²) < 4.78 is 5.65. The molecule has 3 heteroatoms. The Morgan fingerprint density at radius 2 is 2.23 bits per heavy atom. The number of morpholine rings is 1. The zero-order valence-electron chi connectivity index (χ0n) is 9.05. The number of rotatable bonds is 3. The molecule has 1 saturated heterocycles. The molecule has 0 aromatic carbocycles. The molecule has 1 unspecified atom stereocenters. The van der Waals surface area contributed by atoms with Gasteiger partial charge in [-0.1, -0.05) is 6.92 Å². The molecule has 0 amide bonds. The number of ether oxygens (including phenoxy) is 1. The Kier molecular flexibility index (Phi) is 3.71. The first-order chi connectivity index (χ1) is 6.09. The molecule has 1 atom stereocenters. The summed E-state index contributed by atoms with van der Waals surface area (Å²) >= 11 is 0. The molecular formula is C10H22N2O. The second kappa shape index (κ2) is 4.40. The van der Waals surface area contributed by atoms with Gasteiger partial charge in [0, 0.05) is 25.7 Å². The van der Waals surface area contributed by atoms with Crippen molar-refractivity contribution in [1.82, 2.24) is 4.90 Å². The van der Waals surface area contributed by atoms with Gasteiger partial charge in [-0.3, -0.25) is 4.90 Å². The predicted molar refractivity (Wildman–Crippen MR) is 54.7 cm³/mol. The zero-order valence-corrected chi connectivity index (χ0v) is 9.05. The summed E-state index contributed by atoms with van der Waals surface area (Å²) in [4.78, 5) is 2.45. The van der Waals surface area contributed by atoms with E-state index in [9.17, 15) is 0 Å². The van der Waals surface area contributed by atoms with Gasteiger partial charge in [-0.25, -0.2) is 0 Å². The molecular weight excluding hydrogens is 164 g/mol. The molecule has 0 aromatic rings. The van der Waals surface area contributed by atoms with Gasteiger partial charge in [-0.15, -0.1) is 0 Å². The highest BCUT2D eigenvalue weighted by Gasteiger charge is 2.29. The summed E-state index contributed by atoms with van der Waals surface area (Å²) in [5.74, 6) is 0. The van der Waals surface area contributed by atoms with E-state index >= 15 is 0 Å². The fourth-order valence-electron chi connectivity index (χ4n) is 1.94. The van der Waals surface area contributed by atoms with Crippen LogP contribution in [0.15, 0.2) is 0 Å². The lowest BCUT2D eigenvalue weighted by molar-refractivity contribution is -0.0964. The monoisotopic (exact) mass is 186 g/mol. The molecule has 0 aliphatic carbocycles. The summed E-state index contributed by atoms with van der Waals surface area (Å²) in [6.45, 7) is 10.1. The predicted octanol–water partition coefficient (Wildman–Crippen LogP) is 0.834. The Morgan fingerprint density at radius 3 is 2.69 bits per heavy atom. The largest absolute Gasteiger partial charge is 0.373 e. The summed E-state index contributed by atoms with van der Waals surface area (Å²) in [6.07, 6.45) is 1.13. The van der Waals surface area contributed by atoms with Gasteiger partial charge >= 0.3 is 0 Å². The van der Waals surface area contributed by atoms with Crippen molar-refractivity contribution >= 4 is 0 Å². The highest BCUT2D eigenvalue weighted by molar-refractivity contribution is 4.83. The third-order valence-electron chi connectivity index (χ3n) is 2.71. The van der Waals surface area contributed by atoms with E-state index in [4.69, 9.17) is 10.5 Å².